The zero-order chi connectivity index (χ0) is 10.1. The van der Waals surface area contributed by atoms with E-state index in [1.165, 1.54) is 25.9 Å². The SMILES string of the molecule is c1cnc(N2CCN3CCC2CC3)nc1. The van der Waals surface area contributed by atoms with Crippen molar-refractivity contribution in [2.24, 2.45) is 0 Å². The van der Waals surface area contributed by atoms with E-state index in [4.69, 9.17) is 0 Å². The van der Waals surface area contributed by atoms with Crippen LogP contribution in [0.2, 0.25) is 0 Å². The van der Waals surface area contributed by atoms with Gasteiger partial charge in [-0.2, -0.15) is 0 Å². The molecule has 4 heteroatoms. The summed E-state index contributed by atoms with van der Waals surface area (Å²) in [4.78, 5) is 13.6. The summed E-state index contributed by atoms with van der Waals surface area (Å²) in [5, 5.41) is 0. The Morgan fingerprint density at radius 2 is 1.73 bits per heavy atom. The van der Waals surface area contributed by atoms with Gasteiger partial charge in [0, 0.05) is 44.6 Å². The van der Waals surface area contributed by atoms with Gasteiger partial charge in [-0.05, 0) is 18.9 Å². The van der Waals surface area contributed by atoms with Crippen LogP contribution < -0.4 is 4.90 Å². The molecule has 1 aromatic rings. The van der Waals surface area contributed by atoms with E-state index in [-0.39, 0.29) is 0 Å². The molecule has 0 aromatic carbocycles. The van der Waals surface area contributed by atoms with Crippen LogP contribution in [0.5, 0.6) is 0 Å². The monoisotopic (exact) mass is 204 g/mol. The average Bonchev–Trinajstić information content (AvgIpc) is 2.63. The predicted octanol–water partition coefficient (Wildman–Crippen LogP) is 0.761. The quantitative estimate of drug-likeness (QED) is 0.676. The summed E-state index contributed by atoms with van der Waals surface area (Å²) in [5.74, 6) is 0.909. The van der Waals surface area contributed by atoms with Crippen molar-refractivity contribution < 1.29 is 0 Å². The highest BCUT2D eigenvalue weighted by molar-refractivity contribution is 5.31. The Kier molecular flexibility index (Phi) is 2.29. The standard InChI is InChI=1S/C11H16N4/c1-4-12-11(13-5-1)15-9-8-14-6-2-10(15)3-7-14/h1,4-5,10H,2-3,6-9H2. The third kappa shape index (κ3) is 1.69. The molecule has 3 aliphatic rings. The molecule has 0 unspecified atom stereocenters. The second kappa shape index (κ2) is 3.77. The van der Waals surface area contributed by atoms with Gasteiger partial charge >= 0.3 is 0 Å². The number of rotatable bonds is 1. The van der Waals surface area contributed by atoms with Crippen molar-refractivity contribution in [3.8, 4) is 0 Å². The second-order valence-electron chi connectivity index (χ2n) is 4.32. The molecule has 4 nitrogen and oxygen atoms in total. The molecule has 0 spiro atoms. The van der Waals surface area contributed by atoms with Gasteiger partial charge in [0.1, 0.15) is 0 Å². The van der Waals surface area contributed by atoms with Gasteiger partial charge in [0.25, 0.3) is 0 Å². The third-order valence-corrected chi connectivity index (χ3v) is 3.46. The molecule has 3 fully saturated rings. The van der Waals surface area contributed by atoms with E-state index in [1.807, 2.05) is 18.5 Å². The summed E-state index contributed by atoms with van der Waals surface area (Å²) < 4.78 is 0. The summed E-state index contributed by atoms with van der Waals surface area (Å²) >= 11 is 0. The number of fused-ring (bicyclic) bond motifs is 4. The fourth-order valence-corrected chi connectivity index (χ4v) is 2.59. The highest BCUT2D eigenvalue weighted by Gasteiger charge is 2.29. The zero-order valence-corrected chi connectivity index (χ0v) is 8.84. The molecule has 0 radical (unpaired) electrons. The summed E-state index contributed by atoms with van der Waals surface area (Å²) in [5.41, 5.74) is 0. The van der Waals surface area contributed by atoms with Crippen LogP contribution >= 0.6 is 0 Å². The Morgan fingerprint density at radius 3 is 2.47 bits per heavy atom. The van der Waals surface area contributed by atoms with Crippen molar-refractivity contribution in [1.82, 2.24) is 14.9 Å². The molecule has 4 heterocycles. The lowest BCUT2D eigenvalue weighted by Crippen LogP contribution is -2.38. The maximum absolute atomic E-state index is 4.36. The van der Waals surface area contributed by atoms with Gasteiger partial charge in [0.05, 0.1) is 0 Å². The van der Waals surface area contributed by atoms with Gasteiger partial charge in [-0.1, -0.05) is 0 Å². The van der Waals surface area contributed by atoms with E-state index < -0.39 is 0 Å². The molecule has 80 valence electrons. The molecule has 0 atom stereocenters. The van der Waals surface area contributed by atoms with E-state index in [2.05, 4.69) is 19.8 Å². The number of hydrogen-bond donors (Lipinski definition) is 0. The van der Waals surface area contributed by atoms with Crippen molar-refractivity contribution in [3.63, 3.8) is 0 Å². The minimum absolute atomic E-state index is 0.658. The Hall–Kier alpha value is -1.16. The van der Waals surface area contributed by atoms with Crippen LogP contribution in [-0.4, -0.2) is 47.1 Å². The third-order valence-electron chi connectivity index (χ3n) is 3.46. The molecular weight excluding hydrogens is 188 g/mol. The van der Waals surface area contributed by atoms with Crippen molar-refractivity contribution in [3.05, 3.63) is 18.5 Å². The van der Waals surface area contributed by atoms with Crippen LogP contribution in [0, 0.1) is 0 Å². The van der Waals surface area contributed by atoms with Crippen molar-refractivity contribution in [2.75, 3.05) is 31.1 Å². The summed E-state index contributed by atoms with van der Waals surface area (Å²) in [6.07, 6.45) is 6.19. The van der Waals surface area contributed by atoms with E-state index in [0.29, 0.717) is 6.04 Å². The molecule has 0 amide bonds. The fraction of sp³-hybridized carbons (Fsp3) is 0.636. The molecule has 2 bridgehead atoms. The lowest BCUT2D eigenvalue weighted by molar-refractivity contribution is 0.250. The summed E-state index contributed by atoms with van der Waals surface area (Å²) in [6.45, 7) is 4.73. The number of piperidine rings is 1. The lowest BCUT2D eigenvalue weighted by Gasteiger charge is -2.31. The molecule has 0 saturated carbocycles. The Balaban J connectivity index is 1.86. The molecule has 15 heavy (non-hydrogen) atoms. The van der Waals surface area contributed by atoms with E-state index >= 15 is 0 Å². The number of nitrogens with zero attached hydrogens (tertiary/aromatic N) is 4. The molecule has 4 rings (SSSR count). The van der Waals surface area contributed by atoms with Crippen molar-refractivity contribution in [1.29, 1.82) is 0 Å². The molecule has 0 N–H and O–H groups in total. The normalized spacial score (nSPS) is 30.3. The van der Waals surface area contributed by atoms with E-state index in [0.717, 1.165) is 19.0 Å². The van der Waals surface area contributed by atoms with Crippen LogP contribution in [0.4, 0.5) is 5.95 Å². The first-order chi connectivity index (χ1) is 7.43. The molecule has 3 aliphatic heterocycles. The zero-order valence-electron chi connectivity index (χ0n) is 8.84. The maximum atomic E-state index is 4.36. The van der Waals surface area contributed by atoms with Crippen LogP contribution in [0.3, 0.4) is 0 Å². The Labute approximate surface area is 89.9 Å². The molecule has 0 aliphatic carbocycles. The largest absolute Gasteiger partial charge is 0.336 e. The minimum atomic E-state index is 0.658. The summed E-state index contributed by atoms with van der Waals surface area (Å²) in [7, 11) is 0. The van der Waals surface area contributed by atoms with Gasteiger partial charge in [-0.25, -0.2) is 9.97 Å². The van der Waals surface area contributed by atoms with Crippen molar-refractivity contribution >= 4 is 5.95 Å². The average molecular weight is 204 g/mol. The highest BCUT2D eigenvalue weighted by atomic mass is 15.3. The van der Waals surface area contributed by atoms with Gasteiger partial charge in [0.2, 0.25) is 5.95 Å². The summed E-state index contributed by atoms with van der Waals surface area (Å²) in [6, 6.07) is 2.54. The van der Waals surface area contributed by atoms with Crippen molar-refractivity contribution in [2.45, 2.75) is 18.9 Å². The topological polar surface area (TPSA) is 32.3 Å². The van der Waals surface area contributed by atoms with Crippen LogP contribution in [-0.2, 0) is 0 Å². The maximum Gasteiger partial charge on any atom is 0.225 e. The first kappa shape index (κ1) is 9.09. The lowest BCUT2D eigenvalue weighted by atomic mass is 10.1. The minimum Gasteiger partial charge on any atom is -0.336 e. The van der Waals surface area contributed by atoms with Crippen LogP contribution in [0.1, 0.15) is 12.8 Å². The molecular formula is C11H16N4. The molecule has 1 aromatic heterocycles. The van der Waals surface area contributed by atoms with Gasteiger partial charge in [0.15, 0.2) is 0 Å². The fourth-order valence-electron chi connectivity index (χ4n) is 2.59. The first-order valence-electron chi connectivity index (χ1n) is 5.69. The Bertz CT molecular complexity index is 319. The Morgan fingerprint density at radius 1 is 1.00 bits per heavy atom. The predicted molar refractivity (Wildman–Crippen MR) is 58.8 cm³/mol. The molecule has 3 saturated heterocycles. The number of hydrogen-bond acceptors (Lipinski definition) is 4. The van der Waals surface area contributed by atoms with E-state index in [1.54, 1.807) is 0 Å². The van der Waals surface area contributed by atoms with Crippen LogP contribution in [0.15, 0.2) is 18.5 Å². The van der Waals surface area contributed by atoms with E-state index in [9.17, 15) is 0 Å². The number of aromatic nitrogens is 2. The van der Waals surface area contributed by atoms with Crippen LogP contribution in [0.25, 0.3) is 0 Å². The van der Waals surface area contributed by atoms with Gasteiger partial charge in [-0.15, -0.1) is 0 Å². The number of anilines is 1. The highest BCUT2D eigenvalue weighted by Crippen LogP contribution is 2.23. The van der Waals surface area contributed by atoms with Gasteiger partial charge in [-0.3, -0.25) is 0 Å². The smallest absolute Gasteiger partial charge is 0.225 e. The first-order valence-corrected chi connectivity index (χ1v) is 5.69. The van der Waals surface area contributed by atoms with Gasteiger partial charge < -0.3 is 9.80 Å². The second-order valence-corrected chi connectivity index (χ2v) is 4.32.